The van der Waals surface area contributed by atoms with Crippen molar-refractivity contribution in [3.8, 4) is 5.75 Å². The van der Waals surface area contributed by atoms with Gasteiger partial charge in [0.2, 0.25) is 0 Å². The number of ether oxygens (including phenoxy) is 2. The molecular formula is C27H35NO5. The van der Waals surface area contributed by atoms with Crippen LogP contribution in [-0.4, -0.2) is 47.4 Å². The Balaban J connectivity index is 1.36. The Labute approximate surface area is 195 Å². The molecule has 178 valence electrons. The van der Waals surface area contributed by atoms with E-state index in [4.69, 9.17) is 14.6 Å². The lowest BCUT2D eigenvalue weighted by Crippen LogP contribution is -2.41. The first-order valence-electron chi connectivity index (χ1n) is 12.1. The number of benzene rings is 2. The fourth-order valence-electron chi connectivity index (χ4n) is 5.17. The zero-order valence-corrected chi connectivity index (χ0v) is 19.9. The molecule has 1 aliphatic heterocycles. The smallest absolute Gasteiger partial charge is 0.490 e. The molecule has 2 fully saturated rings. The maximum atomic E-state index is 12.9. The van der Waals surface area contributed by atoms with Crippen molar-refractivity contribution in [1.82, 2.24) is 4.90 Å². The lowest BCUT2D eigenvalue weighted by molar-refractivity contribution is 0.0199. The molecule has 2 aromatic rings. The highest BCUT2D eigenvalue weighted by molar-refractivity contribution is 5.98. The van der Waals surface area contributed by atoms with Crippen LogP contribution in [0.4, 0.5) is 4.79 Å². The van der Waals surface area contributed by atoms with E-state index in [1.165, 1.54) is 12.8 Å². The van der Waals surface area contributed by atoms with Gasteiger partial charge in [0.1, 0.15) is 11.9 Å². The minimum atomic E-state index is -1.25. The number of fused-ring (bicyclic) bond motifs is 1. The molecule has 0 atom stereocenters. The van der Waals surface area contributed by atoms with Gasteiger partial charge in [0.05, 0.1) is 6.10 Å². The first-order valence-corrected chi connectivity index (χ1v) is 12.1. The van der Waals surface area contributed by atoms with Crippen LogP contribution in [0.15, 0.2) is 36.4 Å². The fraction of sp³-hybridized carbons (Fsp3) is 0.556. The summed E-state index contributed by atoms with van der Waals surface area (Å²) in [5.41, 5.74) is 1.01. The topological polar surface area (TPSA) is 76.1 Å². The number of nitrogens with zero attached hydrogens (tertiary/aromatic N) is 1. The van der Waals surface area contributed by atoms with Gasteiger partial charge in [-0.15, -0.1) is 0 Å². The number of carbonyl (C=O) groups excluding carboxylic acids is 1. The molecule has 2 aliphatic rings. The second-order valence-electron chi connectivity index (χ2n) is 10.6. The zero-order chi connectivity index (χ0) is 23.6. The standard InChI is InChI=1S/C27H35NO5/c1-27(2,3)21-7-10-22(11-8-21)32-24-9-6-18-16-20(5-4-19(18)17-24)25(29)28-14-12-23(13-15-28)33-26(30)31/h4-6,9,16-17,21-23H,7-8,10-15H2,1-3H3,(H,30,31)/t21-,22-. The SMILES string of the molecule is CC(C)(C)[C@H]1CC[C@H](Oc2ccc3cc(C(=O)N4CCC(OC(=O)O)CC4)ccc3c2)CC1. The molecular weight excluding hydrogens is 418 g/mol. The van der Waals surface area contributed by atoms with Gasteiger partial charge in [-0.1, -0.05) is 32.9 Å². The summed E-state index contributed by atoms with van der Waals surface area (Å²) < 4.78 is 11.1. The molecule has 0 radical (unpaired) electrons. The maximum Gasteiger partial charge on any atom is 0.506 e. The van der Waals surface area contributed by atoms with E-state index >= 15 is 0 Å². The third kappa shape index (κ3) is 5.79. The van der Waals surface area contributed by atoms with E-state index in [1.54, 1.807) is 4.90 Å². The summed E-state index contributed by atoms with van der Waals surface area (Å²) in [4.78, 5) is 25.4. The second kappa shape index (κ2) is 9.62. The van der Waals surface area contributed by atoms with Gasteiger partial charge < -0.3 is 19.5 Å². The van der Waals surface area contributed by atoms with E-state index in [9.17, 15) is 9.59 Å². The molecule has 0 spiro atoms. The molecule has 6 nitrogen and oxygen atoms in total. The van der Waals surface area contributed by atoms with Gasteiger partial charge in [-0.05, 0) is 72.1 Å². The predicted octanol–water partition coefficient (Wildman–Crippen LogP) is 6.12. The van der Waals surface area contributed by atoms with Crippen molar-refractivity contribution in [2.45, 2.75) is 71.5 Å². The summed E-state index contributed by atoms with van der Waals surface area (Å²) in [6, 6.07) is 11.9. The van der Waals surface area contributed by atoms with Crippen LogP contribution in [-0.2, 0) is 4.74 Å². The summed E-state index contributed by atoms with van der Waals surface area (Å²) in [5.74, 6) is 1.63. The summed E-state index contributed by atoms with van der Waals surface area (Å²) in [6.45, 7) is 7.99. The van der Waals surface area contributed by atoms with Gasteiger partial charge in [0, 0.05) is 31.5 Å². The van der Waals surface area contributed by atoms with Crippen molar-refractivity contribution >= 4 is 22.8 Å². The predicted molar refractivity (Wildman–Crippen MR) is 128 cm³/mol. The molecule has 1 saturated carbocycles. The molecule has 1 N–H and O–H groups in total. The Kier molecular flexibility index (Phi) is 6.82. The summed E-state index contributed by atoms with van der Waals surface area (Å²) in [7, 11) is 0. The van der Waals surface area contributed by atoms with Crippen molar-refractivity contribution in [3.05, 3.63) is 42.0 Å². The Bertz CT molecular complexity index is 995. The van der Waals surface area contributed by atoms with E-state index in [1.807, 2.05) is 30.3 Å². The van der Waals surface area contributed by atoms with Gasteiger partial charge in [0.15, 0.2) is 0 Å². The second-order valence-corrected chi connectivity index (χ2v) is 10.6. The lowest BCUT2D eigenvalue weighted by atomic mass is 9.72. The van der Waals surface area contributed by atoms with Crippen LogP contribution in [0.3, 0.4) is 0 Å². The van der Waals surface area contributed by atoms with Crippen molar-refractivity contribution in [1.29, 1.82) is 0 Å². The third-order valence-corrected chi connectivity index (χ3v) is 7.26. The Morgan fingerprint density at radius 2 is 1.52 bits per heavy atom. The number of carboxylic acid groups (broad SMARTS) is 1. The van der Waals surface area contributed by atoms with Crippen LogP contribution in [0.25, 0.3) is 10.8 Å². The van der Waals surface area contributed by atoms with Crippen molar-refractivity contribution in [3.63, 3.8) is 0 Å². The molecule has 2 aromatic carbocycles. The first-order chi connectivity index (χ1) is 15.7. The Morgan fingerprint density at radius 3 is 2.15 bits per heavy atom. The summed E-state index contributed by atoms with van der Waals surface area (Å²) in [6.07, 6.45) is 4.38. The number of hydrogen-bond acceptors (Lipinski definition) is 4. The fourth-order valence-corrected chi connectivity index (χ4v) is 5.17. The van der Waals surface area contributed by atoms with E-state index in [0.717, 1.165) is 35.3 Å². The van der Waals surface area contributed by atoms with Crippen LogP contribution in [0.1, 0.15) is 69.7 Å². The van der Waals surface area contributed by atoms with E-state index in [2.05, 4.69) is 26.8 Å². The van der Waals surface area contributed by atoms with Crippen molar-refractivity contribution in [2.75, 3.05) is 13.1 Å². The van der Waals surface area contributed by atoms with Crippen LogP contribution in [0, 0.1) is 11.3 Å². The number of piperidine rings is 1. The number of hydrogen-bond donors (Lipinski definition) is 1. The maximum absolute atomic E-state index is 12.9. The first kappa shape index (κ1) is 23.4. The molecule has 1 heterocycles. The van der Waals surface area contributed by atoms with Gasteiger partial charge in [0.25, 0.3) is 5.91 Å². The minimum Gasteiger partial charge on any atom is -0.490 e. The highest BCUT2D eigenvalue weighted by Crippen LogP contribution is 2.39. The normalized spacial score (nSPS) is 22.2. The average Bonchev–Trinajstić information content (AvgIpc) is 2.78. The van der Waals surface area contributed by atoms with E-state index < -0.39 is 6.16 Å². The molecule has 1 amide bonds. The molecule has 0 bridgehead atoms. The van der Waals surface area contributed by atoms with Crippen molar-refractivity contribution < 1.29 is 24.2 Å². The quantitative estimate of drug-likeness (QED) is 0.564. The molecule has 0 unspecified atom stereocenters. The van der Waals surface area contributed by atoms with Gasteiger partial charge in [-0.3, -0.25) is 4.79 Å². The monoisotopic (exact) mass is 453 g/mol. The van der Waals surface area contributed by atoms with Crippen LogP contribution in [0.2, 0.25) is 0 Å². The molecule has 6 heteroatoms. The van der Waals surface area contributed by atoms with Gasteiger partial charge >= 0.3 is 6.16 Å². The largest absolute Gasteiger partial charge is 0.506 e. The van der Waals surface area contributed by atoms with E-state index in [0.29, 0.717) is 36.9 Å². The van der Waals surface area contributed by atoms with Crippen LogP contribution < -0.4 is 4.74 Å². The van der Waals surface area contributed by atoms with Crippen LogP contribution in [0.5, 0.6) is 5.75 Å². The third-order valence-electron chi connectivity index (χ3n) is 7.26. The molecule has 4 rings (SSSR count). The van der Waals surface area contributed by atoms with Gasteiger partial charge in [-0.25, -0.2) is 4.79 Å². The number of likely N-dealkylation sites (tertiary alicyclic amines) is 1. The molecule has 1 saturated heterocycles. The number of carbonyl (C=O) groups is 2. The van der Waals surface area contributed by atoms with Crippen LogP contribution >= 0.6 is 0 Å². The average molecular weight is 454 g/mol. The zero-order valence-electron chi connectivity index (χ0n) is 19.9. The van der Waals surface area contributed by atoms with Crippen molar-refractivity contribution in [2.24, 2.45) is 11.3 Å². The van der Waals surface area contributed by atoms with E-state index in [-0.39, 0.29) is 18.1 Å². The molecule has 0 aromatic heterocycles. The van der Waals surface area contributed by atoms with Gasteiger partial charge in [-0.2, -0.15) is 0 Å². The lowest BCUT2D eigenvalue weighted by Gasteiger charge is -2.37. The summed E-state index contributed by atoms with van der Waals surface area (Å²) in [5, 5.41) is 10.8. The Hall–Kier alpha value is -2.76. The molecule has 1 aliphatic carbocycles. The number of amides is 1. The molecule has 33 heavy (non-hydrogen) atoms. The number of rotatable bonds is 4. The minimum absolute atomic E-state index is 0.0263. The highest BCUT2D eigenvalue weighted by atomic mass is 16.7. The highest BCUT2D eigenvalue weighted by Gasteiger charge is 2.30. The Morgan fingerprint density at radius 1 is 0.879 bits per heavy atom. The summed E-state index contributed by atoms with van der Waals surface area (Å²) >= 11 is 0.